The second-order valence-electron chi connectivity index (χ2n) is 7.96. The van der Waals surface area contributed by atoms with Crippen LogP contribution in [0.1, 0.15) is 45.2 Å². The SMILES string of the molecule is CC(C)(C)OC(=O)N1C(=O)[C@@](C)(CC#Cc2ccccc2)c2cc(F)ccc21. The Balaban J connectivity index is 1.98. The number of ether oxygens (including phenoxy) is 1. The minimum atomic E-state index is -1.14. The molecule has 5 heteroatoms. The molecule has 1 aliphatic heterocycles. The van der Waals surface area contributed by atoms with E-state index in [0.29, 0.717) is 11.3 Å². The third-order valence-corrected chi connectivity index (χ3v) is 4.49. The molecule has 0 saturated heterocycles. The lowest BCUT2D eigenvalue weighted by Crippen LogP contribution is -2.44. The normalized spacial score (nSPS) is 18.3. The molecule has 2 aromatic rings. The summed E-state index contributed by atoms with van der Waals surface area (Å²) in [4.78, 5) is 26.8. The first-order valence-electron chi connectivity index (χ1n) is 9.03. The number of rotatable bonds is 1. The summed E-state index contributed by atoms with van der Waals surface area (Å²) in [6, 6.07) is 13.3. The molecule has 28 heavy (non-hydrogen) atoms. The number of fused-ring (bicyclic) bond motifs is 1. The maximum atomic E-state index is 13.9. The number of hydrogen-bond acceptors (Lipinski definition) is 3. The largest absolute Gasteiger partial charge is 0.443 e. The van der Waals surface area contributed by atoms with Gasteiger partial charge in [-0.3, -0.25) is 4.79 Å². The number of anilines is 1. The summed E-state index contributed by atoms with van der Waals surface area (Å²) in [6.45, 7) is 6.85. The van der Waals surface area contributed by atoms with Crippen LogP contribution in [0.5, 0.6) is 0 Å². The quantitative estimate of drug-likeness (QED) is 0.668. The average Bonchev–Trinajstić information content (AvgIpc) is 2.82. The van der Waals surface area contributed by atoms with E-state index in [9.17, 15) is 14.0 Å². The topological polar surface area (TPSA) is 46.6 Å². The standard InChI is InChI=1S/C23H22FNO3/c1-22(2,3)28-21(27)25-19-13-12-17(24)15-18(19)23(4,20(25)26)14-8-11-16-9-6-5-7-10-16/h5-7,9-10,12-13,15H,14H2,1-4H3/t23-/m0/s1. The van der Waals surface area contributed by atoms with E-state index in [0.717, 1.165) is 10.5 Å². The number of nitrogens with zero attached hydrogens (tertiary/aromatic N) is 1. The van der Waals surface area contributed by atoms with Gasteiger partial charge in [0.15, 0.2) is 0 Å². The molecule has 1 atom stereocenters. The highest BCUT2D eigenvalue weighted by atomic mass is 19.1. The van der Waals surface area contributed by atoms with Crippen LogP contribution in [0, 0.1) is 17.7 Å². The summed E-state index contributed by atoms with van der Waals surface area (Å²) < 4.78 is 19.3. The van der Waals surface area contributed by atoms with Gasteiger partial charge >= 0.3 is 6.09 Å². The Kier molecular flexibility index (Phi) is 4.99. The Morgan fingerprint density at radius 2 is 1.86 bits per heavy atom. The molecule has 0 N–H and O–H groups in total. The Morgan fingerprint density at radius 1 is 1.18 bits per heavy atom. The Labute approximate surface area is 164 Å². The monoisotopic (exact) mass is 379 g/mol. The maximum Gasteiger partial charge on any atom is 0.421 e. The Hall–Kier alpha value is -3.13. The van der Waals surface area contributed by atoms with Gasteiger partial charge in [-0.2, -0.15) is 0 Å². The number of amides is 2. The molecule has 0 unspecified atom stereocenters. The highest BCUT2D eigenvalue weighted by molar-refractivity contribution is 6.21. The van der Waals surface area contributed by atoms with Crippen LogP contribution in [-0.2, 0) is 14.9 Å². The molecule has 3 rings (SSSR count). The Morgan fingerprint density at radius 3 is 2.50 bits per heavy atom. The van der Waals surface area contributed by atoms with Gasteiger partial charge in [-0.15, -0.1) is 0 Å². The van der Waals surface area contributed by atoms with Crippen LogP contribution in [0.4, 0.5) is 14.9 Å². The first-order valence-corrected chi connectivity index (χ1v) is 9.03. The predicted molar refractivity (Wildman–Crippen MR) is 105 cm³/mol. The third kappa shape index (κ3) is 3.77. The minimum Gasteiger partial charge on any atom is -0.443 e. The van der Waals surface area contributed by atoms with Gasteiger partial charge in [0, 0.05) is 12.0 Å². The molecule has 1 heterocycles. The summed E-state index contributed by atoms with van der Waals surface area (Å²) in [6.07, 6.45) is -0.624. The van der Waals surface area contributed by atoms with Gasteiger partial charge in [-0.1, -0.05) is 30.0 Å². The molecule has 0 saturated carbocycles. The minimum absolute atomic E-state index is 0.149. The fraction of sp³-hybridized carbons (Fsp3) is 0.304. The summed E-state index contributed by atoms with van der Waals surface area (Å²) in [7, 11) is 0. The first-order chi connectivity index (χ1) is 13.1. The number of carbonyl (C=O) groups is 2. The molecule has 0 aromatic heterocycles. The molecule has 2 aromatic carbocycles. The zero-order valence-corrected chi connectivity index (χ0v) is 16.4. The Bertz CT molecular complexity index is 982. The highest BCUT2D eigenvalue weighted by Gasteiger charge is 2.50. The van der Waals surface area contributed by atoms with E-state index in [1.807, 2.05) is 30.3 Å². The van der Waals surface area contributed by atoms with Crippen molar-refractivity contribution in [3.63, 3.8) is 0 Å². The molecule has 0 bridgehead atoms. The van der Waals surface area contributed by atoms with Crippen molar-refractivity contribution in [1.82, 2.24) is 0 Å². The molecule has 144 valence electrons. The molecule has 0 fully saturated rings. The fourth-order valence-electron chi connectivity index (χ4n) is 3.12. The van der Waals surface area contributed by atoms with Crippen LogP contribution in [0.25, 0.3) is 0 Å². The van der Waals surface area contributed by atoms with Crippen molar-refractivity contribution in [2.75, 3.05) is 4.90 Å². The molecule has 1 aliphatic rings. The van der Waals surface area contributed by atoms with E-state index in [4.69, 9.17) is 4.74 Å². The zero-order valence-electron chi connectivity index (χ0n) is 16.4. The average molecular weight is 379 g/mol. The number of carbonyl (C=O) groups excluding carboxylic acids is 2. The second-order valence-corrected chi connectivity index (χ2v) is 7.96. The van der Waals surface area contributed by atoms with E-state index in [1.165, 1.54) is 18.2 Å². The predicted octanol–water partition coefficient (Wildman–Crippen LogP) is 4.81. The molecular weight excluding hydrogens is 357 g/mol. The number of hydrogen-bond donors (Lipinski definition) is 0. The third-order valence-electron chi connectivity index (χ3n) is 4.49. The van der Waals surface area contributed by atoms with Crippen LogP contribution in [0.15, 0.2) is 48.5 Å². The zero-order chi connectivity index (χ0) is 20.5. The van der Waals surface area contributed by atoms with E-state index in [2.05, 4.69) is 11.8 Å². The van der Waals surface area contributed by atoms with Gasteiger partial charge < -0.3 is 4.74 Å². The van der Waals surface area contributed by atoms with Gasteiger partial charge in [0.1, 0.15) is 11.4 Å². The number of benzene rings is 2. The number of halogens is 1. The van der Waals surface area contributed by atoms with Crippen molar-refractivity contribution in [3.8, 4) is 11.8 Å². The second kappa shape index (κ2) is 7.12. The van der Waals surface area contributed by atoms with Crippen LogP contribution >= 0.6 is 0 Å². The van der Waals surface area contributed by atoms with Crippen molar-refractivity contribution in [2.24, 2.45) is 0 Å². The van der Waals surface area contributed by atoms with Crippen molar-refractivity contribution >= 4 is 17.7 Å². The molecule has 4 nitrogen and oxygen atoms in total. The molecule has 0 aliphatic carbocycles. The van der Waals surface area contributed by atoms with E-state index in [1.54, 1.807) is 27.7 Å². The van der Waals surface area contributed by atoms with Gasteiger partial charge in [-0.25, -0.2) is 14.1 Å². The lowest BCUT2D eigenvalue weighted by atomic mass is 9.81. The first kappa shape index (κ1) is 19.6. The molecule has 2 amide bonds. The van der Waals surface area contributed by atoms with Crippen LogP contribution in [-0.4, -0.2) is 17.6 Å². The van der Waals surface area contributed by atoms with Gasteiger partial charge in [0.05, 0.1) is 11.1 Å². The highest BCUT2D eigenvalue weighted by Crippen LogP contribution is 2.44. The van der Waals surface area contributed by atoms with E-state index in [-0.39, 0.29) is 6.42 Å². The van der Waals surface area contributed by atoms with Crippen molar-refractivity contribution < 1.29 is 18.7 Å². The summed E-state index contributed by atoms with van der Waals surface area (Å²) in [5.41, 5.74) is -0.310. The fourth-order valence-corrected chi connectivity index (χ4v) is 3.12. The van der Waals surface area contributed by atoms with Crippen molar-refractivity contribution in [2.45, 2.75) is 45.1 Å². The maximum absolute atomic E-state index is 13.9. The summed E-state index contributed by atoms with van der Waals surface area (Å²) >= 11 is 0. The van der Waals surface area contributed by atoms with Crippen LogP contribution < -0.4 is 4.90 Å². The molecule has 0 radical (unpaired) electrons. The van der Waals surface area contributed by atoms with Crippen LogP contribution in [0.3, 0.4) is 0 Å². The van der Waals surface area contributed by atoms with E-state index < -0.39 is 28.8 Å². The van der Waals surface area contributed by atoms with Crippen molar-refractivity contribution in [3.05, 3.63) is 65.5 Å². The smallest absolute Gasteiger partial charge is 0.421 e. The van der Waals surface area contributed by atoms with Gasteiger partial charge in [0.2, 0.25) is 5.91 Å². The molecular formula is C23H22FNO3. The number of imide groups is 1. The summed E-state index contributed by atoms with van der Waals surface area (Å²) in [5, 5.41) is 0. The molecule has 0 spiro atoms. The van der Waals surface area contributed by atoms with Crippen LogP contribution in [0.2, 0.25) is 0 Å². The lowest BCUT2D eigenvalue weighted by molar-refractivity contribution is -0.122. The van der Waals surface area contributed by atoms with Gasteiger partial charge in [0.25, 0.3) is 0 Å². The lowest BCUT2D eigenvalue weighted by Gasteiger charge is -2.25. The van der Waals surface area contributed by atoms with Gasteiger partial charge in [-0.05, 0) is 63.6 Å². The van der Waals surface area contributed by atoms with E-state index >= 15 is 0 Å². The van der Waals surface area contributed by atoms with Crippen molar-refractivity contribution in [1.29, 1.82) is 0 Å². The summed E-state index contributed by atoms with van der Waals surface area (Å²) in [5.74, 6) is 5.08.